The van der Waals surface area contributed by atoms with Crippen molar-refractivity contribution in [3.63, 3.8) is 0 Å². The van der Waals surface area contributed by atoms with Crippen molar-refractivity contribution in [1.82, 2.24) is 9.13 Å². The molecule has 0 aliphatic carbocycles. The van der Waals surface area contributed by atoms with Crippen LogP contribution in [0.15, 0.2) is 75.2 Å². The van der Waals surface area contributed by atoms with Crippen molar-refractivity contribution < 1.29 is 13.2 Å². The number of imidazole rings is 1. The van der Waals surface area contributed by atoms with E-state index in [4.69, 9.17) is 11.6 Å². The number of carbonyl (C=O) groups is 1. The first kappa shape index (κ1) is 22.8. The molecule has 0 radical (unpaired) electrons. The maximum absolute atomic E-state index is 13.5. The fraction of sp³-hybridized carbons (Fsp3) is 0.167. The summed E-state index contributed by atoms with van der Waals surface area (Å²) in [6.45, 7) is 1.87. The van der Waals surface area contributed by atoms with Gasteiger partial charge in [0, 0.05) is 19.1 Å². The number of sulfone groups is 1. The lowest BCUT2D eigenvalue weighted by molar-refractivity contribution is -0.115. The number of carbonyl (C=O) groups excluding carboxylic acids is 1. The highest BCUT2D eigenvalue weighted by Crippen LogP contribution is 2.32. The number of nitrogens with zero attached hydrogens (tertiary/aromatic N) is 2. The Labute approximate surface area is 196 Å². The summed E-state index contributed by atoms with van der Waals surface area (Å²) in [4.78, 5) is 25.3. The number of nitrogens with one attached hydrogen (secondary N) is 1. The number of amides is 1. The van der Waals surface area contributed by atoms with E-state index in [0.29, 0.717) is 16.1 Å². The molecular formula is C24H22ClN3O4S. The van der Waals surface area contributed by atoms with Crippen molar-refractivity contribution in [2.45, 2.75) is 23.1 Å². The summed E-state index contributed by atoms with van der Waals surface area (Å²) in [5.74, 6) is -0.391. The van der Waals surface area contributed by atoms with Crippen molar-refractivity contribution in [3.05, 3.63) is 87.3 Å². The van der Waals surface area contributed by atoms with Gasteiger partial charge in [-0.25, -0.2) is 13.2 Å². The van der Waals surface area contributed by atoms with Crippen LogP contribution in [0.25, 0.3) is 11.0 Å². The van der Waals surface area contributed by atoms with Gasteiger partial charge >= 0.3 is 5.69 Å². The molecule has 0 bridgehead atoms. The molecule has 1 N–H and O–H groups in total. The van der Waals surface area contributed by atoms with E-state index in [2.05, 4.69) is 5.32 Å². The molecule has 0 fully saturated rings. The van der Waals surface area contributed by atoms with Gasteiger partial charge in [0.05, 0.1) is 32.9 Å². The zero-order valence-corrected chi connectivity index (χ0v) is 19.9. The fourth-order valence-corrected chi connectivity index (χ4v) is 5.21. The van der Waals surface area contributed by atoms with Crippen LogP contribution in [0.3, 0.4) is 0 Å². The topological polar surface area (TPSA) is 90.2 Å². The second-order valence-electron chi connectivity index (χ2n) is 7.91. The minimum absolute atomic E-state index is 0.0347. The third-order valence-corrected chi connectivity index (χ3v) is 7.61. The minimum atomic E-state index is -3.98. The molecule has 0 spiro atoms. The molecule has 1 aromatic heterocycles. The molecule has 0 saturated carbocycles. The minimum Gasteiger partial charge on any atom is -0.325 e. The number of halogens is 1. The third kappa shape index (κ3) is 4.31. The van der Waals surface area contributed by atoms with Crippen LogP contribution >= 0.6 is 11.6 Å². The molecule has 0 unspecified atom stereocenters. The van der Waals surface area contributed by atoms with Gasteiger partial charge in [-0.2, -0.15) is 0 Å². The van der Waals surface area contributed by atoms with E-state index in [1.807, 2.05) is 6.92 Å². The van der Waals surface area contributed by atoms with Crippen molar-refractivity contribution in [2.24, 2.45) is 14.1 Å². The van der Waals surface area contributed by atoms with Gasteiger partial charge in [0.1, 0.15) is 0 Å². The predicted molar refractivity (Wildman–Crippen MR) is 129 cm³/mol. The average Bonchev–Trinajstić information content (AvgIpc) is 2.98. The molecule has 0 aliphatic rings. The van der Waals surface area contributed by atoms with Crippen molar-refractivity contribution in [2.75, 3.05) is 5.32 Å². The highest BCUT2D eigenvalue weighted by Gasteiger charge is 2.25. The van der Waals surface area contributed by atoms with E-state index in [9.17, 15) is 18.0 Å². The number of benzene rings is 3. The molecule has 0 atom stereocenters. The van der Waals surface area contributed by atoms with E-state index in [0.717, 1.165) is 11.1 Å². The zero-order valence-electron chi connectivity index (χ0n) is 18.3. The third-order valence-electron chi connectivity index (χ3n) is 5.55. The standard InChI is InChI=1S/C24H22ClN3O4S/c1-15-4-10-18(11-5-15)33(31,32)22-14-21-20(27(2)24(30)28(21)3)13-19(22)26-23(29)12-16-6-8-17(25)9-7-16/h4-11,13-14H,12H2,1-3H3,(H,26,29). The molecule has 1 amide bonds. The molecule has 4 rings (SSSR count). The van der Waals surface area contributed by atoms with E-state index in [1.54, 1.807) is 50.5 Å². The Morgan fingerprint density at radius 2 is 1.52 bits per heavy atom. The molecule has 9 heteroatoms. The van der Waals surface area contributed by atoms with Gasteiger partial charge in [-0.3, -0.25) is 13.9 Å². The summed E-state index contributed by atoms with van der Waals surface area (Å²) >= 11 is 5.90. The zero-order chi connectivity index (χ0) is 23.9. The van der Waals surface area contributed by atoms with Crippen LogP contribution in [0.1, 0.15) is 11.1 Å². The van der Waals surface area contributed by atoms with Crippen molar-refractivity contribution in [3.8, 4) is 0 Å². The molecular weight excluding hydrogens is 462 g/mol. The normalized spacial score (nSPS) is 11.6. The summed E-state index contributed by atoms with van der Waals surface area (Å²) in [6.07, 6.45) is 0.0347. The molecule has 170 valence electrons. The summed E-state index contributed by atoms with van der Waals surface area (Å²) in [5.41, 5.74) is 2.42. The average molecular weight is 484 g/mol. The van der Waals surface area contributed by atoms with Crippen molar-refractivity contribution in [1.29, 1.82) is 0 Å². The second kappa shape index (κ2) is 8.53. The highest BCUT2D eigenvalue weighted by atomic mass is 35.5. The molecule has 0 aliphatic heterocycles. The summed E-state index contributed by atoms with van der Waals surface area (Å²) in [6, 6.07) is 16.3. The number of rotatable bonds is 5. The van der Waals surface area contributed by atoms with Gasteiger partial charge in [-0.1, -0.05) is 41.4 Å². The van der Waals surface area contributed by atoms with Crippen LogP contribution in [0.4, 0.5) is 5.69 Å². The Kier molecular flexibility index (Phi) is 5.90. The van der Waals surface area contributed by atoms with Gasteiger partial charge < -0.3 is 5.32 Å². The number of aryl methyl sites for hydroxylation is 3. The summed E-state index contributed by atoms with van der Waals surface area (Å²) in [5, 5.41) is 3.29. The molecule has 33 heavy (non-hydrogen) atoms. The van der Waals surface area contributed by atoms with Gasteiger partial charge in [-0.15, -0.1) is 0 Å². The van der Waals surface area contributed by atoms with E-state index >= 15 is 0 Å². The number of anilines is 1. The molecule has 3 aromatic carbocycles. The summed E-state index contributed by atoms with van der Waals surface area (Å²) < 4.78 is 29.8. The molecule has 1 heterocycles. The molecule has 0 saturated heterocycles. The van der Waals surface area contributed by atoms with Gasteiger partial charge in [-0.05, 0) is 48.9 Å². The number of fused-ring (bicyclic) bond motifs is 1. The Morgan fingerprint density at radius 3 is 2.12 bits per heavy atom. The smallest absolute Gasteiger partial charge is 0.325 e. The Balaban J connectivity index is 1.83. The van der Waals surface area contributed by atoms with E-state index in [-0.39, 0.29) is 27.6 Å². The van der Waals surface area contributed by atoms with Gasteiger partial charge in [0.25, 0.3) is 0 Å². The van der Waals surface area contributed by atoms with Crippen LogP contribution in [-0.4, -0.2) is 23.5 Å². The van der Waals surface area contributed by atoms with Gasteiger partial charge in [0.2, 0.25) is 15.7 Å². The molecule has 4 aromatic rings. The SMILES string of the molecule is Cc1ccc(S(=O)(=O)c2cc3c(cc2NC(=O)Cc2ccc(Cl)cc2)n(C)c(=O)n3C)cc1. The fourth-order valence-electron chi connectivity index (χ4n) is 3.67. The first-order valence-electron chi connectivity index (χ1n) is 10.1. The number of hydrogen-bond donors (Lipinski definition) is 1. The maximum atomic E-state index is 13.5. The lowest BCUT2D eigenvalue weighted by Crippen LogP contribution is -2.19. The largest absolute Gasteiger partial charge is 0.328 e. The van der Waals surface area contributed by atoms with Crippen molar-refractivity contribution >= 4 is 44.1 Å². The second-order valence-corrected chi connectivity index (χ2v) is 10.3. The number of hydrogen-bond acceptors (Lipinski definition) is 4. The first-order valence-corrected chi connectivity index (χ1v) is 12.0. The quantitative estimate of drug-likeness (QED) is 0.467. The first-order chi connectivity index (χ1) is 15.6. The summed E-state index contributed by atoms with van der Waals surface area (Å²) in [7, 11) is -0.809. The van der Waals surface area contributed by atoms with E-state index < -0.39 is 15.7 Å². The molecule has 7 nitrogen and oxygen atoms in total. The van der Waals surface area contributed by atoms with Crippen LogP contribution in [-0.2, 0) is 35.1 Å². The maximum Gasteiger partial charge on any atom is 0.328 e. The number of aromatic nitrogens is 2. The van der Waals surface area contributed by atoms with Gasteiger partial charge in [0.15, 0.2) is 0 Å². The van der Waals surface area contributed by atoms with Crippen LogP contribution in [0.5, 0.6) is 0 Å². The Bertz CT molecular complexity index is 1530. The Hall–Kier alpha value is -3.36. The lowest BCUT2D eigenvalue weighted by atomic mass is 10.1. The Morgan fingerprint density at radius 1 is 0.939 bits per heavy atom. The van der Waals surface area contributed by atoms with E-state index in [1.165, 1.54) is 33.4 Å². The van der Waals surface area contributed by atoms with Crippen LogP contribution in [0, 0.1) is 6.92 Å². The highest BCUT2D eigenvalue weighted by molar-refractivity contribution is 7.91. The predicted octanol–water partition coefficient (Wildman–Crippen LogP) is 3.85. The van der Waals surface area contributed by atoms with Crippen LogP contribution < -0.4 is 11.0 Å². The van der Waals surface area contributed by atoms with Crippen LogP contribution in [0.2, 0.25) is 5.02 Å². The lowest BCUT2D eigenvalue weighted by Gasteiger charge is -2.14. The monoisotopic (exact) mass is 483 g/mol.